The van der Waals surface area contributed by atoms with Crippen LogP contribution in [0.4, 0.5) is 21.0 Å². The molecular weight excluding hydrogens is 365 g/mol. The molecule has 4 rings (SSSR count). The molecule has 2 aromatic heterocycles. The number of hydrogen-bond acceptors (Lipinski definition) is 6. The van der Waals surface area contributed by atoms with Gasteiger partial charge in [0.15, 0.2) is 5.13 Å². The van der Waals surface area contributed by atoms with E-state index in [0.717, 1.165) is 17.0 Å². The minimum atomic E-state index is -0.325. The molecule has 2 aromatic carbocycles. The van der Waals surface area contributed by atoms with Crippen molar-refractivity contribution in [2.75, 3.05) is 11.1 Å². The number of nitrogen functional groups attached to an aromatic ring is 1. The lowest BCUT2D eigenvalue weighted by Gasteiger charge is -2.03. The monoisotopic (exact) mass is 379 g/mol. The van der Waals surface area contributed by atoms with E-state index in [1.165, 1.54) is 12.1 Å². The third-order valence-electron chi connectivity index (χ3n) is 3.89. The Hall–Kier alpha value is -3.52. The Bertz CT molecular complexity index is 1070. The molecule has 0 spiro atoms. The summed E-state index contributed by atoms with van der Waals surface area (Å²) in [4.78, 5) is 21.3. The number of nitrogens with one attached hydrogen (secondary N) is 1. The van der Waals surface area contributed by atoms with E-state index in [-0.39, 0.29) is 17.4 Å². The van der Waals surface area contributed by atoms with Gasteiger partial charge in [-0.2, -0.15) is 0 Å². The highest BCUT2D eigenvalue weighted by Gasteiger charge is 2.18. The summed E-state index contributed by atoms with van der Waals surface area (Å²) in [6.07, 6.45) is 5.20. The fourth-order valence-corrected chi connectivity index (χ4v) is 3.40. The fraction of sp³-hybridized carbons (Fsp3) is 0. The predicted octanol–water partition coefficient (Wildman–Crippen LogP) is 4.02. The summed E-state index contributed by atoms with van der Waals surface area (Å²) >= 11 is 1.16. The van der Waals surface area contributed by atoms with Crippen molar-refractivity contribution in [3.05, 3.63) is 83.5 Å². The van der Waals surface area contributed by atoms with Crippen LogP contribution in [0.15, 0.2) is 67.3 Å². The fourth-order valence-electron chi connectivity index (χ4n) is 2.53. The standard InChI is InChI=1S/C19H14FN5OS/c20-13-3-5-14(6-4-13)23-19-24-18(21)17(27-19)16(26)12-1-7-15(8-2-12)25-10-9-22-11-25/h1-11H,21H2,(H,23,24). The summed E-state index contributed by atoms with van der Waals surface area (Å²) in [5.74, 6) is -0.364. The molecular formula is C19H14FN5OS. The van der Waals surface area contributed by atoms with Gasteiger partial charge in [0.1, 0.15) is 16.5 Å². The first-order valence-corrected chi connectivity index (χ1v) is 8.84. The van der Waals surface area contributed by atoms with Crippen LogP contribution >= 0.6 is 11.3 Å². The molecule has 134 valence electrons. The number of thiazole rings is 1. The number of carbonyl (C=O) groups excluding carboxylic acids is 1. The number of anilines is 3. The van der Waals surface area contributed by atoms with Gasteiger partial charge in [-0.25, -0.2) is 14.4 Å². The number of hydrogen-bond donors (Lipinski definition) is 2. The summed E-state index contributed by atoms with van der Waals surface area (Å²) in [6.45, 7) is 0. The van der Waals surface area contributed by atoms with Gasteiger partial charge in [-0.15, -0.1) is 0 Å². The van der Waals surface area contributed by atoms with Crippen LogP contribution in [0.1, 0.15) is 15.2 Å². The zero-order valence-electron chi connectivity index (χ0n) is 14.0. The number of nitrogens with two attached hydrogens (primary N) is 1. The van der Waals surface area contributed by atoms with Crippen LogP contribution in [0, 0.1) is 5.82 Å². The number of benzene rings is 2. The molecule has 0 saturated heterocycles. The summed E-state index contributed by atoms with van der Waals surface area (Å²) in [6, 6.07) is 13.0. The van der Waals surface area contributed by atoms with Crippen molar-refractivity contribution in [3.8, 4) is 5.69 Å². The van der Waals surface area contributed by atoms with E-state index >= 15 is 0 Å². The topological polar surface area (TPSA) is 85.8 Å². The second-order valence-electron chi connectivity index (χ2n) is 5.71. The Morgan fingerprint density at radius 1 is 1.11 bits per heavy atom. The number of ketones is 1. The van der Waals surface area contributed by atoms with E-state index in [1.54, 1.807) is 36.8 Å². The molecule has 0 unspecified atom stereocenters. The first-order chi connectivity index (χ1) is 13.1. The Morgan fingerprint density at radius 2 is 1.85 bits per heavy atom. The van der Waals surface area contributed by atoms with Gasteiger partial charge in [-0.3, -0.25) is 4.79 Å². The first kappa shape index (κ1) is 16.9. The SMILES string of the molecule is Nc1nc(Nc2ccc(F)cc2)sc1C(=O)c1ccc(-n2ccnc2)cc1. The highest BCUT2D eigenvalue weighted by Crippen LogP contribution is 2.30. The van der Waals surface area contributed by atoms with E-state index in [9.17, 15) is 9.18 Å². The zero-order valence-corrected chi connectivity index (χ0v) is 14.8. The summed E-state index contributed by atoms with van der Waals surface area (Å²) in [7, 11) is 0. The number of aromatic nitrogens is 3. The van der Waals surface area contributed by atoms with E-state index < -0.39 is 0 Å². The normalized spacial score (nSPS) is 10.7. The van der Waals surface area contributed by atoms with Gasteiger partial charge in [0.05, 0.1) is 6.33 Å². The van der Waals surface area contributed by atoms with Crippen molar-refractivity contribution < 1.29 is 9.18 Å². The van der Waals surface area contributed by atoms with Crippen molar-refractivity contribution in [1.82, 2.24) is 14.5 Å². The molecule has 0 aliphatic heterocycles. The lowest BCUT2D eigenvalue weighted by Crippen LogP contribution is -2.03. The molecule has 0 fully saturated rings. The smallest absolute Gasteiger partial charge is 0.206 e. The van der Waals surface area contributed by atoms with Gasteiger partial charge in [0, 0.05) is 29.3 Å². The molecule has 0 atom stereocenters. The number of halogens is 1. The maximum atomic E-state index is 13.0. The number of rotatable bonds is 5. The highest BCUT2D eigenvalue weighted by atomic mass is 32.1. The van der Waals surface area contributed by atoms with Gasteiger partial charge in [0.2, 0.25) is 5.78 Å². The molecule has 4 aromatic rings. The van der Waals surface area contributed by atoms with Gasteiger partial charge in [0.25, 0.3) is 0 Å². The van der Waals surface area contributed by atoms with Crippen molar-refractivity contribution in [1.29, 1.82) is 0 Å². The Kier molecular flexibility index (Phi) is 4.39. The Balaban J connectivity index is 1.55. The quantitative estimate of drug-likeness (QED) is 0.512. The molecule has 27 heavy (non-hydrogen) atoms. The molecule has 2 heterocycles. The number of nitrogens with zero attached hydrogens (tertiary/aromatic N) is 3. The molecule has 0 bridgehead atoms. The molecule has 0 amide bonds. The second kappa shape index (κ2) is 7.00. The minimum absolute atomic E-state index is 0.160. The van der Waals surface area contributed by atoms with Crippen molar-refractivity contribution in [3.63, 3.8) is 0 Å². The number of carbonyl (C=O) groups is 1. The van der Waals surface area contributed by atoms with Crippen LogP contribution < -0.4 is 11.1 Å². The lowest BCUT2D eigenvalue weighted by molar-refractivity contribution is 0.104. The van der Waals surface area contributed by atoms with Crippen LogP contribution in [-0.2, 0) is 0 Å². The van der Waals surface area contributed by atoms with Gasteiger partial charge in [-0.05, 0) is 48.5 Å². The summed E-state index contributed by atoms with van der Waals surface area (Å²) in [5.41, 5.74) is 8.01. The Morgan fingerprint density at radius 3 is 2.52 bits per heavy atom. The zero-order chi connectivity index (χ0) is 18.8. The van der Waals surface area contributed by atoms with Crippen LogP contribution in [0.3, 0.4) is 0 Å². The van der Waals surface area contributed by atoms with Gasteiger partial charge < -0.3 is 15.6 Å². The molecule has 0 saturated carbocycles. The second-order valence-corrected chi connectivity index (χ2v) is 6.71. The Labute approximate surface area is 158 Å². The minimum Gasteiger partial charge on any atom is -0.382 e. The predicted molar refractivity (Wildman–Crippen MR) is 103 cm³/mol. The van der Waals surface area contributed by atoms with E-state index in [4.69, 9.17) is 5.73 Å². The third kappa shape index (κ3) is 3.56. The molecule has 3 N–H and O–H groups in total. The number of imidazole rings is 1. The molecule has 0 aliphatic rings. The molecule has 8 heteroatoms. The average Bonchev–Trinajstić information content (AvgIpc) is 3.33. The lowest BCUT2D eigenvalue weighted by atomic mass is 10.1. The van der Waals surface area contributed by atoms with E-state index in [2.05, 4.69) is 15.3 Å². The van der Waals surface area contributed by atoms with Gasteiger partial charge in [-0.1, -0.05) is 11.3 Å². The summed E-state index contributed by atoms with van der Waals surface area (Å²) in [5, 5.41) is 3.49. The highest BCUT2D eigenvalue weighted by molar-refractivity contribution is 7.18. The van der Waals surface area contributed by atoms with Crippen molar-refractivity contribution in [2.45, 2.75) is 0 Å². The maximum absolute atomic E-state index is 13.0. The van der Waals surface area contributed by atoms with E-state index in [1.807, 2.05) is 22.9 Å². The van der Waals surface area contributed by atoms with Crippen LogP contribution in [0.5, 0.6) is 0 Å². The molecule has 6 nitrogen and oxygen atoms in total. The molecule has 0 radical (unpaired) electrons. The van der Waals surface area contributed by atoms with Crippen LogP contribution in [0.25, 0.3) is 5.69 Å². The van der Waals surface area contributed by atoms with Crippen LogP contribution in [0.2, 0.25) is 0 Å². The van der Waals surface area contributed by atoms with Crippen LogP contribution in [-0.4, -0.2) is 20.3 Å². The largest absolute Gasteiger partial charge is 0.382 e. The van der Waals surface area contributed by atoms with Gasteiger partial charge >= 0.3 is 0 Å². The average molecular weight is 379 g/mol. The van der Waals surface area contributed by atoms with E-state index in [0.29, 0.717) is 21.3 Å². The maximum Gasteiger partial charge on any atom is 0.206 e. The first-order valence-electron chi connectivity index (χ1n) is 8.02. The van der Waals surface area contributed by atoms with Crippen molar-refractivity contribution >= 4 is 33.8 Å². The third-order valence-corrected chi connectivity index (χ3v) is 4.87. The summed E-state index contributed by atoms with van der Waals surface area (Å²) < 4.78 is 14.8. The van der Waals surface area contributed by atoms with Crippen molar-refractivity contribution in [2.24, 2.45) is 0 Å². The molecule has 0 aliphatic carbocycles.